The van der Waals surface area contributed by atoms with Crippen molar-refractivity contribution < 1.29 is 9.59 Å². The molecule has 0 saturated carbocycles. The van der Waals surface area contributed by atoms with E-state index in [-0.39, 0.29) is 17.7 Å². The molecule has 4 aromatic rings. The molecule has 0 bridgehead atoms. The normalized spacial score (nSPS) is 14.4. The first-order valence-electron chi connectivity index (χ1n) is 11.0. The van der Waals surface area contributed by atoms with E-state index in [0.29, 0.717) is 43.0 Å². The van der Waals surface area contributed by atoms with Gasteiger partial charge in [-0.05, 0) is 55.3 Å². The minimum Gasteiger partial charge on any atom is -0.339 e. The van der Waals surface area contributed by atoms with Crippen molar-refractivity contribution in [1.82, 2.24) is 30.5 Å². The molecule has 0 aliphatic carbocycles. The molecule has 0 spiro atoms. The molecule has 1 aliphatic heterocycles. The molecule has 2 N–H and O–H groups in total. The molecule has 1 aliphatic rings. The lowest BCUT2D eigenvalue weighted by Crippen LogP contribution is -2.41. The van der Waals surface area contributed by atoms with Crippen LogP contribution in [0.2, 0.25) is 0 Å². The second kappa shape index (κ2) is 9.30. The number of pyridine rings is 1. The maximum atomic E-state index is 13.3. The highest BCUT2D eigenvalue weighted by atomic mass is 79.9. The second-order valence-corrected chi connectivity index (χ2v) is 9.26. The molecule has 172 valence electrons. The van der Waals surface area contributed by atoms with Crippen LogP contribution >= 0.6 is 15.9 Å². The standard InChI is InChI=1S/C24H22BrN7O2/c1-14-11-20(19-6-5-17(25)13-21(19)26-14)24(34)32-9-7-15(8-10-32)23(33)27-18-4-2-3-16(12-18)22-28-30-31-29-22/h2-6,11-13,15H,7-10H2,1H3,(H,27,33)(H,28,29,30,31). The molecule has 2 aromatic heterocycles. The summed E-state index contributed by atoms with van der Waals surface area (Å²) in [6, 6.07) is 14.9. The number of piperidine rings is 1. The Morgan fingerprint density at radius 3 is 2.71 bits per heavy atom. The van der Waals surface area contributed by atoms with Crippen LogP contribution in [0.15, 0.2) is 53.0 Å². The number of aryl methyl sites for hydroxylation is 1. The van der Waals surface area contributed by atoms with Crippen molar-refractivity contribution in [2.24, 2.45) is 5.92 Å². The number of benzene rings is 2. The summed E-state index contributed by atoms with van der Waals surface area (Å²) in [5, 5.41) is 17.8. The van der Waals surface area contributed by atoms with E-state index < -0.39 is 0 Å². The maximum Gasteiger partial charge on any atom is 0.254 e. The van der Waals surface area contributed by atoms with Crippen molar-refractivity contribution in [3.63, 3.8) is 0 Å². The van der Waals surface area contributed by atoms with E-state index in [4.69, 9.17) is 0 Å². The van der Waals surface area contributed by atoms with E-state index in [1.807, 2.05) is 60.4 Å². The van der Waals surface area contributed by atoms with Crippen LogP contribution in [-0.4, -0.2) is 55.4 Å². The van der Waals surface area contributed by atoms with Crippen LogP contribution in [0.1, 0.15) is 28.9 Å². The first-order chi connectivity index (χ1) is 16.5. The number of fused-ring (bicyclic) bond motifs is 1. The summed E-state index contributed by atoms with van der Waals surface area (Å²) < 4.78 is 0.922. The number of carbonyl (C=O) groups is 2. The highest BCUT2D eigenvalue weighted by Crippen LogP contribution is 2.27. The molecule has 0 unspecified atom stereocenters. The van der Waals surface area contributed by atoms with Crippen LogP contribution in [0.5, 0.6) is 0 Å². The van der Waals surface area contributed by atoms with Gasteiger partial charge in [0, 0.05) is 45.8 Å². The van der Waals surface area contributed by atoms with Crippen LogP contribution in [-0.2, 0) is 4.79 Å². The van der Waals surface area contributed by atoms with Crippen LogP contribution in [0, 0.1) is 12.8 Å². The lowest BCUT2D eigenvalue weighted by molar-refractivity contribution is -0.121. The van der Waals surface area contributed by atoms with Gasteiger partial charge in [0.15, 0.2) is 0 Å². The molecule has 2 aromatic carbocycles. The fourth-order valence-corrected chi connectivity index (χ4v) is 4.64. The number of nitrogens with one attached hydrogen (secondary N) is 2. The first kappa shape index (κ1) is 22.1. The van der Waals surface area contributed by atoms with E-state index in [2.05, 4.69) is 46.9 Å². The highest BCUT2D eigenvalue weighted by molar-refractivity contribution is 9.10. The van der Waals surface area contributed by atoms with E-state index in [1.54, 1.807) is 0 Å². The van der Waals surface area contributed by atoms with Gasteiger partial charge >= 0.3 is 0 Å². The minimum atomic E-state index is -0.162. The van der Waals surface area contributed by atoms with Gasteiger partial charge in [0.2, 0.25) is 11.7 Å². The first-order valence-corrected chi connectivity index (χ1v) is 11.8. The predicted octanol–water partition coefficient (Wildman–Crippen LogP) is 3.98. The number of nitrogens with zero attached hydrogens (tertiary/aromatic N) is 5. The fraction of sp³-hybridized carbons (Fsp3) is 0.250. The number of tetrazole rings is 1. The third-order valence-electron chi connectivity index (χ3n) is 6.02. The predicted molar refractivity (Wildman–Crippen MR) is 131 cm³/mol. The zero-order valence-corrected chi connectivity index (χ0v) is 20.0. The molecule has 10 heteroatoms. The van der Waals surface area contributed by atoms with Gasteiger partial charge in [-0.15, -0.1) is 10.2 Å². The Balaban J connectivity index is 1.25. The zero-order valence-electron chi connectivity index (χ0n) is 18.5. The quantitative estimate of drug-likeness (QED) is 0.421. The average Bonchev–Trinajstić information content (AvgIpc) is 3.38. The lowest BCUT2D eigenvalue weighted by Gasteiger charge is -2.31. The molecule has 2 amide bonds. The monoisotopic (exact) mass is 519 g/mol. The summed E-state index contributed by atoms with van der Waals surface area (Å²) >= 11 is 3.47. The molecule has 0 atom stereocenters. The Hall–Kier alpha value is -3.66. The number of hydrogen-bond donors (Lipinski definition) is 2. The van der Waals surface area contributed by atoms with Crippen LogP contribution in [0.25, 0.3) is 22.3 Å². The van der Waals surface area contributed by atoms with Crippen LogP contribution < -0.4 is 5.32 Å². The molecular formula is C24H22BrN7O2. The van der Waals surface area contributed by atoms with E-state index in [9.17, 15) is 9.59 Å². The number of H-pyrrole nitrogens is 1. The summed E-state index contributed by atoms with van der Waals surface area (Å²) in [5.41, 5.74) is 3.67. The molecule has 3 heterocycles. The molecule has 1 saturated heterocycles. The Labute approximate surface area is 204 Å². The van der Waals surface area contributed by atoms with Crippen LogP contribution in [0.4, 0.5) is 5.69 Å². The molecule has 9 nitrogen and oxygen atoms in total. The summed E-state index contributed by atoms with van der Waals surface area (Å²) in [4.78, 5) is 32.6. The van der Waals surface area contributed by atoms with Gasteiger partial charge in [-0.1, -0.05) is 34.1 Å². The van der Waals surface area contributed by atoms with E-state index >= 15 is 0 Å². The summed E-state index contributed by atoms with van der Waals surface area (Å²) in [5.74, 6) is 0.232. The van der Waals surface area contributed by atoms with E-state index in [1.165, 1.54) is 0 Å². The number of halogens is 1. The average molecular weight is 520 g/mol. The Bertz CT molecular complexity index is 1360. The van der Waals surface area contributed by atoms with Gasteiger partial charge in [-0.25, -0.2) is 0 Å². The molecule has 1 fully saturated rings. The Morgan fingerprint density at radius 2 is 1.94 bits per heavy atom. The van der Waals surface area contributed by atoms with Crippen molar-refractivity contribution in [3.8, 4) is 11.4 Å². The lowest BCUT2D eigenvalue weighted by atomic mass is 9.95. The highest BCUT2D eigenvalue weighted by Gasteiger charge is 2.29. The number of carbonyl (C=O) groups excluding carboxylic acids is 2. The largest absolute Gasteiger partial charge is 0.339 e. The van der Waals surface area contributed by atoms with Crippen molar-refractivity contribution in [1.29, 1.82) is 0 Å². The van der Waals surface area contributed by atoms with Crippen molar-refractivity contribution in [3.05, 3.63) is 64.3 Å². The van der Waals surface area contributed by atoms with Gasteiger partial charge < -0.3 is 10.2 Å². The summed E-state index contributed by atoms with van der Waals surface area (Å²) in [6.45, 7) is 2.94. The summed E-state index contributed by atoms with van der Waals surface area (Å²) in [6.07, 6.45) is 1.21. The number of aromatic nitrogens is 5. The molecule has 5 rings (SSSR count). The molecular weight excluding hydrogens is 498 g/mol. The number of hydrogen-bond acceptors (Lipinski definition) is 6. The maximum absolute atomic E-state index is 13.3. The minimum absolute atomic E-state index is 0.0236. The van der Waals surface area contributed by atoms with Gasteiger partial charge in [0.1, 0.15) is 0 Å². The van der Waals surface area contributed by atoms with Gasteiger partial charge in [-0.2, -0.15) is 5.21 Å². The van der Waals surface area contributed by atoms with Crippen molar-refractivity contribution in [2.45, 2.75) is 19.8 Å². The SMILES string of the molecule is Cc1cc(C(=O)N2CCC(C(=O)Nc3cccc(-c4nn[nH]n4)c3)CC2)c2ccc(Br)cc2n1. The number of anilines is 1. The third kappa shape index (κ3) is 4.54. The molecule has 0 radical (unpaired) electrons. The topological polar surface area (TPSA) is 117 Å². The van der Waals surface area contributed by atoms with Gasteiger partial charge in [0.25, 0.3) is 5.91 Å². The van der Waals surface area contributed by atoms with Crippen LogP contribution in [0.3, 0.4) is 0 Å². The second-order valence-electron chi connectivity index (χ2n) is 8.34. The van der Waals surface area contributed by atoms with Gasteiger partial charge in [-0.3, -0.25) is 14.6 Å². The number of amides is 2. The Kier molecular flexibility index (Phi) is 6.06. The van der Waals surface area contributed by atoms with E-state index in [0.717, 1.165) is 26.6 Å². The smallest absolute Gasteiger partial charge is 0.254 e. The van der Waals surface area contributed by atoms with Crippen molar-refractivity contribution >= 4 is 44.3 Å². The zero-order chi connectivity index (χ0) is 23.7. The fourth-order valence-electron chi connectivity index (χ4n) is 4.29. The molecule has 34 heavy (non-hydrogen) atoms. The van der Waals surface area contributed by atoms with Crippen molar-refractivity contribution in [2.75, 3.05) is 18.4 Å². The number of rotatable bonds is 4. The number of aromatic amines is 1. The number of likely N-dealkylation sites (tertiary alicyclic amines) is 1. The Morgan fingerprint density at radius 1 is 1.12 bits per heavy atom. The van der Waals surface area contributed by atoms with Gasteiger partial charge in [0.05, 0.1) is 11.1 Å². The third-order valence-corrected chi connectivity index (χ3v) is 6.51. The summed E-state index contributed by atoms with van der Waals surface area (Å²) in [7, 11) is 0.